The lowest BCUT2D eigenvalue weighted by molar-refractivity contribution is -0.122. The number of aryl methyl sites for hydroxylation is 2. The first-order chi connectivity index (χ1) is 11.4. The fraction of sp³-hybridized carbons (Fsp3) is 0.353. The van der Waals surface area contributed by atoms with Gasteiger partial charge < -0.3 is 14.5 Å². The molecule has 0 bridgehead atoms. The molecule has 7 heteroatoms. The van der Waals surface area contributed by atoms with Gasteiger partial charge in [-0.15, -0.1) is 0 Å². The SMILES string of the molecule is Cc1cc(=O)oc2c(C)c(OCC(=O)NC(=O)NC3CC3)ccc12. The van der Waals surface area contributed by atoms with Crippen LogP contribution in [0.1, 0.15) is 24.0 Å². The summed E-state index contributed by atoms with van der Waals surface area (Å²) >= 11 is 0. The number of fused-ring (bicyclic) bond motifs is 1. The summed E-state index contributed by atoms with van der Waals surface area (Å²) in [6.07, 6.45) is 1.89. The molecule has 0 spiro atoms. The van der Waals surface area contributed by atoms with Gasteiger partial charge in [0.15, 0.2) is 6.61 Å². The highest BCUT2D eigenvalue weighted by atomic mass is 16.5. The molecular formula is C17H18N2O5. The monoisotopic (exact) mass is 330 g/mol. The van der Waals surface area contributed by atoms with Gasteiger partial charge in [0.05, 0.1) is 0 Å². The Balaban J connectivity index is 1.68. The van der Waals surface area contributed by atoms with Crippen molar-refractivity contribution in [1.29, 1.82) is 0 Å². The maximum absolute atomic E-state index is 11.7. The van der Waals surface area contributed by atoms with Gasteiger partial charge in [-0.25, -0.2) is 9.59 Å². The van der Waals surface area contributed by atoms with Gasteiger partial charge in [-0.3, -0.25) is 10.1 Å². The van der Waals surface area contributed by atoms with Crippen molar-refractivity contribution in [2.75, 3.05) is 6.61 Å². The number of amides is 3. The Hall–Kier alpha value is -2.83. The van der Waals surface area contributed by atoms with E-state index in [1.165, 1.54) is 6.07 Å². The minimum Gasteiger partial charge on any atom is -0.483 e. The molecule has 0 radical (unpaired) electrons. The molecule has 0 saturated heterocycles. The maximum Gasteiger partial charge on any atom is 0.336 e. The molecule has 2 aromatic rings. The molecule has 1 aromatic heterocycles. The lowest BCUT2D eigenvalue weighted by atomic mass is 10.1. The average Bonchev–Trinajstić information content (AvgIpc) is 3.31. The van der Waals surface area contributed by atoms with Crippen molar-refractivity contribution in [2.45, 2.75) is 32.7 Å². The molecule has 24 heavy (non-hydrogen) atoms. The van der Waals surface area contributed by atoms with Crippen LogP contribution >= 0.6 is 0 Å². The third-order valence-electron chi connectivity index (χ3n) is 3.84. The van der Waals surface area contributed by atoms with E-state index in [4.69, 9.17) is 9.15 Å². The highest BCUT2D eigenvalue weighted by molar-refractivity contribution is 5.95. The highest BCUT2D eigenvalue weighted by Gasteiger charge is 2.24. The van der Waals surface area contributed by atoms with Crippen molar-refractivity contribution in [3.8, 4) is 5.75 Å². The fourth-order valence-corrected chi connectivity index (χ4v) is 2.41. The van der Waals surface area contributed by atoms with Crippen molar-refractivity contribution in [1.82, 2.24) is 10.6 Å². The van der Waals surface area contributed by atoms with Crippen molar-refractivity contribution < 1.29 is 18.7 Å². The number of benzene rings is 1. The normalized spacial score (nSPS) is 13.6. The van der Waals surface area contributed by atoms with Gasteiger partial charge in [0.1, 0.15) is 11.3 Å². The van der Waals surface area contributed by atoms with E-state index < -0.39 is 17.6 Å². The van der Waals surface area contributed by atoms with E-state index in [1.807, 2.05) is 6.92 Å². The van der Waals surface area contributed by atoms with Crippen molar-refractivity contribution in [3.05, 3.63) is 39.7 Å². The van der Waals surface area contributed by atoms with Gasteiger partial charge in [-0.1, -0.05) is 0 Å². The quantitative estimate of drug-likeness (QED) is 0.833. The lowest BCUT2D eigenvalue weighted by Crippen LogP contribution is -2.42. The fourth-order valence-electron chi connectivity index (χ4n) is 2.41. The number of imide groups is 1. The van der Waals surface area contributed by atoms with E-state index in [1.54, 1.807) is 19.1 Å². The summed E-state index contributed by atoms with van der Waals surface area (Å²) in [5.41, 5.74) is 1.44. The predicted molar refractivity (Wildman–Crippen MR) is 87.1 cm³/mol. The molecule has 3 rings (SSSR count). The number of hydrogen-bond acceptors (Lipinski definition) is 5. The van der Waals surface area contributed by atoms with Crippen LogP contribution in [0, 0.1) is 13.8 Å². The van der Waals surface area contributed by atoms with Crippen molar-refractivity contribution >= 4 is 22.9 Å². The molecule has 126 valence electrons. The molecule has 0 aliphatic heterocycles. The first kappa shape index (κ1) is 16.0. The third kappa shape index (κ3) is 3.56. The third-order valence-corrected chi connectivity index (χ3v) is 3.84. The average molecular weight is 330 g/mol. The minimum atomic E-state index is -0.543. The van der Waals surface area contributed by atoms with Crippen LogP contribution in [0.25, 0.3) is 11.0 Å². The van der Waals surface area contributed by atoms with E-state index in [-0.39, 0.29) is 12.6 Å². The van der Waals surface area contributed by atoms with Crippen LogP contribution in [0.15, 0.2) is 27.4 Å². The molecule has 1 saturated carbocycles. The Morgan fingerprint density at radius 2 is 2.04 bits per heavy atom. The van der Waals surface area contributed by atoms with Gasteiger partial charge in [-0.05, 0) is 44.4 Å². The van der Waals surface area contributed by atoms with E-state index >= 15 is 0 Å². The van der Waals surface area contributed by atoms with Crippen molar-refractivity contribution in [2.24, 2.45) is 0 Å². The molecule has 1 heterocycles. The minimum absolute atomic E-state index is 0.174. The Bertz CT molecular complexity index is 867. The molecule has 7 nitrogen and oxygen atoms in total. The van der Waals surface area contributed by atoms with E-state index in [0.29, 0.717) is 16.9 Å². The number of carbonyl (C=O) groups is 2. The number of carbonyl (C=O) groups excluding carboxylic acids is 2. The molecule has 0 atom stereocenters. The van der Waals surface area contributed by atoms with Crippen LogP contribution < -0.4 is 21.0 Å². The molecule has 1 aliphatic rings. The first-order valence-electron chi connectivity index (χ1n) is 7.71. The highest BCUT2D eigenvalue weighted by Crippen LogP contribution is 2.28. The van der Waals surface area contributed by atoms with Gasteiger partial charge >= 0.3 is 11.7 Å². The van der Waals surface area contributed by atoms with E-state index in [0.717, 1.165) is 23.8 Å². The number of hydrogen-bond donors (Lipinski definition) is 2. The Morgan fingerprint density at radius 1 is 1.29 bits per heavy atom. The zero-order valence-corrected chi connectivity index (χ0v) is 13.5. The van der Waals surface area contributed by atoms with Gasteiger partial charge in [0.25, 0.3) is 5.91 Å². The van der Waals surface area contributed by atoms with Crippen LogP contribution in [0.3, 0.4) is 0 Å². The van der Waals surface area contributed by atoms with E-state index in [9.17, 15) is 14.4 Å². The summed E-state index contributed by atoms with van der Waals surface area (Å²) < 4.78 is 10.7. The molecule has 2 N–H and O–H groups in total. The van der Waals surface area contributed by atoms with Gasteiger partial charge in [0.2, 0.25) is 0 Å². The first-order valence-corrected chi connectivity index (χ1v) is 7.71. The van der Waals surface area contributed by atoms with Gasteiger partial charge in [0, 0.05) is 23.1 Å². The maximum atomic E-state index is 11.7. The zero-order valence-electron chi connectivity index (χ0n) is 13.5. The molecule has 1 fully saturated rings. The molecule has 0 unspecified atom stereocenters. The molecular weight excluding hydrogens is 312 g/mol. The van der Waals surface area contributed by atoms with Crippen molar-refractivity contribution in [3.63, 3.8) is 0 Å². The zero-order chi connectivity index (χ0) is 17.3. The van der Waals surface area contributed by atoms with Crippen LogP contribution in [0.4, 0.5) is 4.79 Å². The number of urea groups is 1. The summed E-state index contributed by atoms with van der Waals surface area (Å²) in [7, 11) is 0. The summed E-state index contributed by atoms with van der Waals surface area (Å²) in [6, 6.07) is 4.57. The number of rotatable bonds is 4. The lowest BCUT2D eigenvalue weighted by Gasteiger charge is -2.11. The smallest absolute Gasteiger partial charge is 0.336 e. The second-order valence-electron chi connectivity index (χ2n) is 5.90. The van der Waals surface area contributed by atoms with Gasteiger partial charge in [-0.2, -0.15) is 0 Å². The van der Waals surface area contributed by atoms with Crippen LogP contribution in [-0.4, -0.2) is 24.6 Å². The largest absolute Gasteiger partial charge is 0.483 e. The molecule has 1 aliphatic carbocycles. The number of ether oxygens (including phenoxy) is 1. The summed E-state index contributed by atoms with van der Waals surface area (Å²) in [4.78, 5) is 34.8. The summed E-state index contributed by atoms with van der Waals surface area (Å²) in [5.74, 6) is -0.118. The van der Waals surface area contributed by atoms with Crippen LogP contribution in [0.5, 0.6) is 5.75 Å². The predicted octanol–water partition coefficient (Wildman–Crippen LogP) is 1.78. The summed E-state index contributed by atoms with van der Waals surface area (Å²) in [6.45, 7) is 3.27. The Morgan fingerprint density at radius 3 is 2.75 bits per heavy atom. The number of nitrogens with one attached hydrogen (secondary N) is 2. The Kier molecular flexibility index (Phi) is 4.24. The Labute approximate surface area is 138 Å². The van der Waals surface area contributed by atoms with Crippen LogP contribution in [-0.2, 0) is 4.79 Å². The topological polar surface area (TPSA) is 97.6 Å². The van der Waals surface area contributed by atoms with E-state index in [2.05, 4.69) is 10.6 Å². The molecule has 1 aromatic carbocycles. The summed E-state index contributed by atoms with van der Waals surface area (Å²) in [5, 5.41) is 5.68. The standard InChI is InChI=1S/C17H18N2O5/c1-9-7-15(21)24-16-10(2)13(6-5-12(9)16)23-8-14(20)19-17(22)18-11-3-4-11/h5-7,11H,3-4,8H2,1-2H3,(H2,18,19,20,22). The second-order valence-corrected chi connectivity index (χ2v) is 5.90. The second kappa shape index (κ2) is 6.35. The van der Waals surface area contributed by atoms with Crippen LogP contribution in [0.2, 0.25) is 0 Å². The molecule has 3 amide bonds.